The van der Waals surface area contributed by atoms with E-state index in [0.717, 1.165) is 23.8 Å². The van der Waals surface area contributed by atoms with Crippen LogP contribution in [0.3, 0.4) is 0 Å². The average molecular weight is 557 g/mol. The third-order valence-electron chi connectivity index (χ3n) is 6.06. The molecule has 0 radical (unpaired) electrons. The molecule has 0 spiro atoms. The molecule has 1 N–H and O–H groups in total. The van der Waals surface area contributed by atoms with Crippen LogP contribution in [0, 0.1) is 6.92 Å². The second kappa shape index (κ2) is 13.3. The number of sulfonamides is 1. The second-order valence-electron chi connectivity index (χ2n) is 8.98. The van der Waals surface area contributed by atoms with Crippen LogP contribution in [0.25, 0.3) is 0 Å². The number of nitrogens with zero attached hydrogens (tertiary/aromatic N) is 2. The molecule has 0 aliphatic carbocycles. The summed E-state index contributed by atoms with van der Waals surface area (Å²) in [6.07, 6.45) is 2.20. The minimum absolute atomic E-state index is 0.0264. The van der Waals surface area contributed by atoms with Gasteiger partial charge in [-0.3, -0.25) is 13.9 Å². The van der Waals surface area contributed by atoms with E-state index < -0.39 is 16.1 Å². The van der Waals surface area contributed by atoms with E-state index in [-0.39, 0.29) is 43.8 Å². The fourth-order valence-corrected chi connectivity index (χ4v) is 5.07. The maximum atomic E-state index is 13.4. The Labute approximate surface area is 224 Å². The molecule has 2 aromatic rings. The van der Waals surface area contributed by atoms with Gasteiger partial charge in [0.25, 0.3) is 0 Å². The summed E-state index contributed by atoms with van der Waals surface area (Å²) >= 11 is 12.4. The van der Waals surface area contributed by atoms with Crippen LogP contribution in [0.15, 0.2) is 42.5 Å². The van der Waals surface area contributed by atoms with Gasteiger partial charge in [-0.1, -0.05) is 54.4 Å². The number of carbonyl (C=O) groups is 2. The summed E-state index contributed by atoms with van der Waals surface area (Å²) in [5.41, 5.74) is 1.96. The number of anilines is 1. The highest BCUT2D eigenvalue weighted by Crippen LogP contribution is 2.27. The zero-order chi connectivity index (χ0) is 27.0. The van der Waals surface area contributed by atoms with Gasteiger partial charge in [0.1, 0.15) is 6.04 Å². The molecule has 2 aromatic carbocycles. The highest BCUT2D eigenvalue weighted by atomic mass is 35.5. The monoisotopic (exact) mass is 555 g/mol. The third-order valence-corrected chi connectivity index (χ3v) is 7.84. The molecule has 2 atom stereocenters. The molecule has 0 saturated heterocycles. The molecule has 0 aliphatic heterocycles. The number of halogens is 2. The van der Waals surface area contributed by atoms with Crippen molar-refractivity contribution in [3.05, 3.63) is 63.6 Å². The fourth-order valence-electron chi connectivity index (χ4n) is 3.69. The van der Waals surface area contributed by atoms with Crippen molar-refractivity contribution in [2.75, 3.05) is 17.1 Å². The first-order chi connectivity index (χ1) is 16.8. The lowest BCUT2D eigenvalue weighted by atomic mass is 10.1. The van der Waals surface area contributed by atoms with Crippen LogP contribution in [-0.4, -0.2) is 50.0 Å². The number of carbonyl (C=O) groups excluding carboxylic acids is 2. The third kappa shape index (κ3) is 8.39. The first kappa shape index (κ1) is 29.9. The van der Waals surface area contributed by atoms with Gasteiger partial charge in [-0.2, -0.15) is 0 Å². The highest BCUT2D eigenvalue weighted by Gasteiger charge is 2.28. The van der Waals surface area contributed by atoms with E-state index in [4.69, 9.17) is 23.2 Å². The lowest BCUT2D eigenvalue weighted by molar-refractivity contribution is -0.140. The van der Waals surface area contributed by atoms with Gasteiger partial charge in [-0.25, -0.2) is 8.42 Å². The normalized spacial score (nSPS) is 13.1. The van der Waals surface area contributed by atoms with E-state index in [1.54, 1.807) is 44.2 Å². The Morgan fingerprint density at radius 3 is 2.36 bits per heavy atom. The number of nitrogens with one attached hydrogen (secondary N) is 1. The van der Waals surface area contributed by atoms with E-state index in [2.05, 4.69) is 5.32 Å². The molecule has 7 nitrogen and oxygen atoms in total. The summed E-state index contributed by atoms with van der Waals surface area (Å²) in [5, 5.41) is 3.85. The molecule has 0 aromatic heterocycles. The van der Waals surface area contributed by atoms with Crippen molar-refractivity contribution in [3.8, 4) is 0 Å². The number of benzene rings is 2. The van der Waals surface area contributed by atoms with Gasteiger partial charge in [-0.15, -0.1) is 0 Å². The van der Waals surface area contributed by atoms with Crippen LogP contribution in [0.5, 0.6) is 0 Å². The second-order valence-corrected chi connectivity index (χ2v) is 11.7. The van der Waals surface area contributed by atoms with Crippen molar-refractivity contribution < 1.29 is 18.0 Å². The van der Waals surface area contributed by atoms with Gasteiger partial charge < -0.3 is 10.2 Å². The van der Waals surface area contributed by atoms with E-state index in [1.807, 2.05) is 26.0 Å². The van der Waals surface area contributed by atoms with Gasteiger partial charge in [0.05, 0.1) is 11.9 Å². The van der Waals surface area contributed by atoms with Crippen molar-refractivity contribution in [2.45, 2.75) is 65.6 Å². The molecule has 0 bridgehead atoms. The predicted octanol–water partition coefficient (Wildman–Crippen LogP) is 5.18. The summed E-state index contributed by atoms with van der Waals surface area (Å²) in [4.78, 5) is 27.7. The Hall–Kier alpha value is -2.29. The van der Waals surface area contributed by atoms with Gasteiger partial charge in [0.2, 0.25) is 21.8 Å². The zero-order valence-electron chi connectivity index (χ0n) is 21.4. The molecule has 2 rings (SSSR count). The molecule has 10 heteroatoms. The molecule has 0 unspecified atom stereocenters. The predicted molar refractivity (Wildman–Crippen MR) is 147 cm³/mol. The maximum Gasteiger partial charge on any atom is 0.242 e. The lowest BCUT2D eigenvalue weighted by Crippen LogP contribution is -2.49. The zero-order valence-corrected chi connectivity index (χ0v) is 23.8. The smallest absolute Gasteiger partial charge is 0.242 e. The quantitative estimate of drug-likeness (QED) is 0.391. The van der Waals surface area contributed by atoms with Crippen molar-refractivity contribution in [2.24, 2.45) is 0 Å². The van der Waals surface area contributed by atoms with E-state index in [0.29, 0.717) is 15.7 Å². The maximum absolute atomic E-state index is 13.4. The Balaban J connectivity index is 2.22. The summed E-state index contributed by atoms with van der Waals surface area (Å²) in [6.45, 7) is 7.62. The van der Waals surface area contributed by atoms with Gasteiger partial charge in [-0.05, 0) is 62.9 Å². The Morgan fingerprint density at radius 2 is 1.75 bits per heavy atom. The lowest BCUT2D eigenvalue weighted by Gasteiger charge is -2.30. The topological polar surface area (TPSA) is 86.8 Å². The Kier molecular flexibility index (Phi) is 11.1. The molecule has 0 heterocycles. The minimum atomic E-state index is -3.61. The molecular weight excluding hydrogens is 521 g/mol. The van der Waals surface area contributed by atoms with Crippen molar-refractivity contribution in [1.29, 1.82) is 0 Å². The molecular formula is C26H35Cl2N3O4S. The summed E-state index contributed by atoms with van der Waals surface area (Å²) in [7, 11) is -3.61. The summed E-state index contributed by atoms with van der Waals surface area (Å²) in [5.74, 6) is -0.518. The van der Waals surface area contributed by atoms with Crippen molar-refractivity contribution >= 4 is 50.7 Å². The van der Waals surface area contributed by atoms with Gasteiger partial charge in [0, 0.05) is 35.6 Å². The molecule has 36 heavy (non-hydrogen) atoms. The Bertz CT molecular complexity index is 1170. The number of hydrogen-bond donors (Lipinski definition) is 1. The SMILES string of the molecule is CC[C@H](C)NC(=O)[C@@H](C)N(Cc1ccccc1Cl)C(=O)CCCN(c1cc(Cl)ccc1C)S(C)(=O)=O. The largest absolute Gasteiger partial charge is 0.352 e. The number of amides is 2. The number of hydrogen-bond acceptors (Lipinski definition) is 4. The van der Waals surface area contributed by atoms with Gasteiger partial charge in [0.15, 0.2) is 0 Å². The van der Waals surface area contributed by atoms with Crippen LogP contribution < -0.4 is 9.62 Å². The van der Waals surface area contributed by atoms with E-state index in [9.17, 15) is 18.0 Å². The first-order valence-corrected chi connectivity index (χ1v) is 14.5. The standard InChI is InChI=1S/C26H35Cl2N3O4S/c1-6-19(3)29-26(33)20(4)30(17-21-10-7-8-11-23(21)28)25(32)12-9-15-31(36(5,34)35)24-16-22(27)14-13-18(24)2/h7-8,10-11,13-14,16,19-20H,6,9,12,15,17H2,1-5H3,(H,29,33)/t19-,20+/m0/s1. The van der Waals surface area contributed by atoms with E-state index in [1.165, 1.54) is 9.21 Å². The molecule has 198 valence electrons. The average Bonchev–Trinajstić information content (AvgIpc) is 2.81. The number of aryl methyl sites for hydroxylation is 1. The molecule has 2 amide bonds. The first-order valence-electron chi connectivity index (χ1n) is 11.9. The van der Waals surface area contributed by atoms with Crippen LogP contribution in [0.1, 0.15) is 51.2 Å². The summed E-state index contributed by atoms with van der Waals surface area (Å²) < 4.78 is 26.3. The molecule has 0 aliphatic rings. The number of rotatable bonds is 12. The molecule has 0 fully saturated rings. The highest BCUT2D eigenvalue weighted by molar-refractivity contribution is 7.92. The molecule has 0 saturated carbocycles. The fraction of sp³-hybridized carbons (Fsp3) is 0.462. The van der Waals surface area contributed by atoms with Crippen LogP contribution in [0.4, 0.5) is 5.69 Å². The van der Waals surface area contributed by atoms with E-state index >= 15 is 0 Å². The Morgan fingerprint density at radius 1 is 1.08 bits per heavy atom. The van der Waals surface area contributed by atoms with Crippen molar-refractivity contribution in [1.82, 2.24) is 10.2 Å². The minimum Gasteiger partial charge on any atom is -0.352 e. The van der Waals surface area contributed by atoms with Crippen molar-refractivity contribution in [3.63, 3.8) is 0 Å². The van der Waals surface area contributed by atoms with Gasteiger partial charge >= 0.3 is 0 Å². The summed E-state index contributed by atoms with van der Waals surface area (Å²) in [6, 6.07) is 11.5. The van der Waals surface area contributed by atoms with Crippen LogP contribution in [-0.2, 0) is 26.2 Å². The van der Waals surface area contributed by atoms with Crippen LogP contribution in [0.2, 0.25) is 10.0 Å². The van der Waals surface area contributed by atoms with Crippen LogP contribution >= 0.6 is 23.2 Å².